The molecule has 0 spiro atoms. The van der Waals surface area contributed by atoms with E-state index in [1.165, 1.54) is 6.92 Å². The van der Waals surface area contributed by atoms with Crippen LogP contribution in [-0.2, 0) is 9.59 Å². The highest BCUT2D eigenvalue weighted by Gasteiger charge is 2.06. The van der Waals surface area contributed by atoms with Gasteiger partial charge < -0.3 is 20.7 Å². The lowest BCUT2D eigenvalue weighted by molar-refractivity contribution is -0.139. The van der Waals surface area contributed by atoms with Gasteiger partial charge in [0, 0.05) is 0 Å². The van der Waals surface area contributed by atoms with E-state index in [1.54, 1.807) is 0 Å². The average Bonchev–Trinajstić information content (AvgIpc) is 1.88. The maximum atomic E-state index is 9.65. The molecular weight excluding hydrogens is 138 g/mol. The lowest BCUT2D eigenvalue weighted by Crippen LogP contribution is -2.33. The third-order valence-corrected chi connectivity index (χ3v) is 0.514. The summed E-state index contributed by atoms with van der Waals surface area (Å²) in [5.41, 5.74) is 4.77. The Balaban J connectivity index is 0. The number of carbonyl (C=O) groups excluding carboxylic acids is 1. The normalized spacial score (nSPS) is 10.7. The first-order valence-corrected chi connectivity index (χ1v) is 2.59. The van der Waals surface area contributed by atoms with Crippen molar-refractivity contribution in [1.29, 1.82) is 0 Å². The van der Waals surface area contributed by atoms with Gasteiger partial charge >= 0.3 is 5.97 Å². The number of nitrogens with two attached hydrogens (primary N) is 1. The first-order chi connectivity index (χ1) is 4.59. The number of aldehydes is 1. The highest BCUT2D eigenvalue weighted by molar-refractivity contribution is 5.73. The molecule has 10 heavy (non-hydrogen) atoms. The van der Waals surface area contributed by atoms with Crippen molar-refractivity contribution in [3.8, 4) is 0 Å². The minimum absolute atomic E-state index is 0.505. The van der Waals surface area contributed by atoms with Gasteiger partial charge in [0.05, 0.1) is 6.61 Å². The molecule has 0 aliphatic rings. The molecule has 0 aromatic heterocycles. The summed E-state index contributed by atoms with van der Waals surface area (Å²) in [6.45, 7) is 0.940. The number of rotatable bonds is 2. The van der Waals surface area contributed by atoms with E-state index in [4.69, 9.17) is 20.7 Å². The van der Waals surface area contributed by atoms with Crippen LogP contribution in [0.2, 0.25) is 0 Å². The van der Waals surface area contributed by atoms with Crippen molar-refractivity contribution in [2.24, 2.45) is 5.73 Å². The van der Waals surface area contributed by atoms with E-state index < -0.39 is 18.6 Å². The molecule has 5 heteroatoms. The molecule has 0 heterocycles. The second-order valence-electron chi connectivity index (χ2n) is 1.36. The predicted octanol–water partition coefficient (Wildman–Crippen LogP) is -1.40. The number of carbonyl (C=O) groups is 2. The van der Waals surface area contributed by atoms with Crippen molar-refractivity contribution in [1.82, 2.24) is 0 Å². The van der Waals surface area contributed by atoms with Gasteiger partial charge in [0.25, 0.3) is 0 Å². The van der Waals surface area contributed by atoms with Crippen LogP contribution in [-0.4, -0.2) is 35.1 Å². The van der Waals surface area contributed by atoms with Gasteiger partial charge in [-0.25, -0.2) is 0 Å². The third kappa shape index (κ3) is 10.1. The molecule has 0 aromatic carbocycles. The number of carboxylic acids is 1. The topological polar surface area (TPSA) is 101 Å². The zero-order chi connectivity index (χ0) is 8.57. The number of aliphatic hydroxyl groups excluding tert-OH is 1. The van der Waals surface area contributed by atoms with E-state index in [0.717, 1.165) is 6.29 Å². The minimum atomic E-state index is -1.18. The summed E-state index contributed by atoms with van der Waals surface area (Å²) in [5.74, 6) is -1.18. The third-order valence-electron chi connectivity index (χ3n) is 0.514. The minimum Gasteiger partial charge on any atom is -0.480 e. The molecule has 0 aromatic rings. The number of hydrogen-bond acceptors (Lipinski definition) is 4. The van der Waals surface area contributed by atoms with Crippen molar-refractivity contribution in [3.63, 3.8) is 0 Å². The summed E-state index contributed by atoms with van der Waals surface area (Å²) in [6.07, 6.45) is 0.750. The van der Waals surface area contributed by atoms with Crippen LogP contribution in [0.1, 0.15) is 6.92 Å². The smallest absolute Gasteiger partial charge is 0.322 e. The number of aliphatic hydroxyl groups is 1. The fourth-order valence-electron chi connectivity index (χ4n) is 0.0781. The van der Waals surface area contributed by atoms with E-state index in [2.05, 4.69) is 0 Å². The molecule has 60 valence electrons. The largest absolute Gasteiger partial charge is 0.480 e. The number of aliphatic carboxylic acids is 1. The highest BCUT2D eigenvalue weighted by atomic mass is 16.4. The second-order valence-corrected chi connectivity index (χ2v) is 1.36. The Morgan fingerprint density at radius 3 is 2.10 bits per heavy atom. The molecule has 0 amide bonds. The van der Waals surface area contributed by atoms with E-state index in [-0.39, 0.29) is 0 Å². The Kier molecular flexibility index (Phi) is 9.52. The van der Waals surface area contributed by atoms with Gasteiger partial charge in [-0.15, -0.1) is 0 Å². The van der Waals surface area contributed by atoms with E-state index in [9.17, 15) is 4.79 Å². The Labute approximate surface area is 58.5 Å². The van der Waals surface area contributed by atoms with Crippen LogP contribution in [0.3, 0.4) is 0 Å². The molecule has 4 N–H and O–H groups in total. The average molecular weight is 149 g/mol. The molecule has 5 nitrogen and oxygen atoms in total. The quantitative estimate of drug-likeness (QED) is 0.419. The van der Waals surface area contributed by atoms with Crippen molar-refractivity contribution < 1.29 is 19.8 Å². The first kappa shape index (κ1) is 11.8. The summed E-state index contributed by atoms with van der Waals surface area (Å²) in [4.78, 5) is 18.5. The second kappa shape index (κ2) is 8.06. The molecule has 0 saturated carbocycles. The lowest BCUT2D eigenvalue weighted by atomic mass is 10.3. The van der Waals surface area contributed by atoms with E-state index in [1.807, 2.05) is 0 Å². The van der Waals surface area contributed by atoms with Gasteiger partial charge in [0.2, 0.25) is 0 Å². The van der Waals surface area contributed by atoms with Crippen LogP contribution in [0.25, 0.3) is 0 Å². The maximum absolute atomic E-state index is 9.65. The summed E-state index contributed by atoms with van der Waals surface area (Å²) in [5, 5.41) is 15.9. The fraction of sp³-hybridized carbons (Fsp3) is 0.600. The molecule has 0 aliphatic heterocycles. The van der Waals surface area contributed by atoms with Crippen LogP contribution in [0.5, 0.6) is 0 Å². The summed E-state index contributed by atoms with van der Waals surface area (Å²) in [7, 11) is 0. The van der Waals surface area contributed by atoms with Gasteiger partial charge in [-0.05, 0) is 6.92 Å². The van der Waals surface area contributed by atoms with E-state index in [0.29, 0.717) is 0 Å². The monoisotopic (exact) mass is 149 g/mol. The molecule has 0 fully saturated rings. The van der Waals surface area contributed by atoms with Crippen LogP contribution in [0, 0.1) is 0 Å². The van der Waals surface area contributed by atoms with Crippen molar-refractivity contribution >= 4 is 12.3 Å². The fourth-order valence-corrected chi connectivity index (χ4v) is 0.0781. The van der Waals surface area contributed by atoms with Gasteiger partial charge in [-0.1, -0.05) is 0 Å². The van der Waals surface area contributed by atoms with Crippen LogP contribution in [0.15, 0.2) is 0 Å². The summed E-state index contributed by atoms with van der Waals surface area (Å²) < 4.78 is 0. The highest BCUT2D eigenvalue weighted by Crippen LogP contribution is 1.71. The zero-order valence-electron chi connectivity index (χ0n) is 5.65. The van der Waals surface area contributed by atoms with Gasteiger partial charge in [-0.3, -0.25) is 4.79 Å². The number of carboxylic acid groups (broad SMARTS) is 1. The molecule has 0 bridgehead atoms. The van der Waals surface area contributed by atoms with Crippen molar-refractivity contribution in [2.75, 3.05) is 6.61 Å². The van der Waals surface area contributed by atoms with Crippen molar-refractivity contribution in [2.45, 2.75) is 13.0 Å². The van der Waals surface area contributed by atoms with Gasteiger partial charge in [-0.2, -0.15) is 0 Å². The SMILES string of the molecule is CC=O.N[C@@H](CO)C(=O)O. The van der Waals surface area contributed by atoms with E-state index >= 15 is 0 Å². The van der Waals surface area contributed by atoms with Crippen LogP contribution in [0.4, 0.5) is 0 Å². The first-order valence-electron chi connectivity index (χ1n) is 2.59. The number of hydrogen-bond donors (Lipinski definition) is 3. The molecule has 0 rings (SSSR count). The molecule has 1 atom stereocenters. The standard InChI is InChI=1S/C3H7NO3.C2H4O/c4-2(1-5)3(6)7;1-2-3/h2,5H,1,4H2,(H,6,7);2H,1H3/t2-;/m0./s1. The van der Waals surface area contributed by atoms with Crippen LogP contribution < -0.4 is 5.73 Å². The molecule has 0 aliphatic carbocycles. The lowest BCUT2D eigenvalue weighted by Gasteiger charge is -1.96. The molecule has 0 saturated heterocycles. The van der Waals surface area contributed by atoms with Gasteiger partial charge in [0.1, 0.15) is 12.3 Å². The molecular formula is C5H11NO4. The molecule has 0 unspecified atom stereocenters. The Morgan fingerprint density at radius 2 is 2.10 bits per heavy atom. The zero-order valence-corrected chi connectivity index (χ0v) is 5.65. The van der Waals surface area contributed by atoms with Crippen molar-refractivity contribution in [3.05, 3.63) is 0 Å². The summed E-state index contributed by atoms with van der Waals surface area (Å²) in [6, 6.07) is -1.13. The maximum Gasteiger partial charge on any atom is 0.322 e. The predicted molar refractivity (Wildman–Crippen MR) is 34.4 cm³/mol. The molecule has 0 radical (unpaired) electrons. The van der Waals surface area contributed by atoms with Crippen LogP contribution >= 0.6 is 0 Å². The Bertz CT molecular complexity index is 104. The Hall–Kier alpha value is -0.940. The van der Waals surface area contributed by atoms with Gasteiger partial charge in [0.15, 0.2) is 0 Å². The Morgan fingerprint density at radius 1 is 1.80 bits per heavy atom. The summed E-state index contributed by atoms with van der Waals surface area (Å²) >= 11 is 0.